The molecule has 4 amide bonds. The molecule has 0 aliphatic heterocycles. The molecule has 0 unspecified atom stereocenters. The van der Waals surface area contributed by atoms with Gasteiger partial charge in [0.2, 0.25) is 17.6 Å². The number of nitrogens with one attached hydrogen (secondary N) is 2. The van der Waals surface area contributed by atoms with Crippen molar-refractivity contribution < 1.29 is 23.6 Å². The summed E-state index contributed by atoms with van der Waals surface area (Å²) < 4.78 is 5.98. The number of anilines is 2. The molecule has 1 aromatic carbocycles. The summed E-state index contributed by atoms with van der Waals surface area (Å²) in [4.78, 5) is 62.3. The molecule has 1 aliphatic carbocycles. The molecule has 1 aliphatic rings. The standard InChI is InChI=1S/C30H37ClN6O5/c1-35(2)15-16-37(5)30(41)21-7-6-8-22-24(21)25(26(42-22)28(39)33-23-14-13-20(31)17-32-23)34-27(38)18-9-11-19(12-10-18)29(40)36(3)4/h6-8,13-14,17-19H,9-12,15-16H2,1-5H3,(H,34,38)(H,32,33,39)/t18-,19-. The summed E-state index contributed by atoms with van der Waals surface area (Å²) in [6, 6.07) is 8.11. The number of rotatable bonds is 9. The molecule has 0 spiro atoms. The number of carbonyl (C=O) groups excluding carboxylic acids is 4. The molecule has 2 aromatic heterocycles. The van der Waals surface area contributed by atoms with Gasteiger partial charge in [0.05, 0.1) is 16.0 Å². The fraction of sp³-hybridized carbons (Fsp3) is 0.433. The Morgan fingerprint density at radius 3 is 2.24 bits per heavy atom. The maximum Gasteiger partial charge on any atom is 0.294 e. The molecule has 0 radical (unpaired) electrons. The van der Waals surface area contributed by atoms with E-state index in [9.17, 15) is 19.2 Å². The van der Waals surface area contributed by atoms with Crippen LogP contribution in [0.4, 0.5) is 11.5 Å². The van der Waals surface area contributed by atoms with Crippen molar-refractivity contribution in [2.24, 2.45) is 11.8 Å². The number of aromatic nitrogens is 1. The zero-order valence-electron chi connectivity index (χ0n) is 24.6. The maximum atomic E-state index is 13.6. The van der Waals surface area contributed by atoms with Gasteiger partial charge in [-0.1, -0.05) is 17.7 Å². The number of halogens is 1. The van der Waals surface area contributed by atoms with Crippen LogP contribution in [0.1, 0.15) is 46.6 Å². The lowest BCUT2D eigenvalue weighted by molar-refractivity contribution is -0.135. The predicted molar refractivity (Wildman–Crippen MR) is 162 cm³/mol. The lowest BCUT2D eigenvalue weighted by Crippen LogP contribution is -2.35. The molecule has 1 fully saturated rings. The first-order valence-electron chi connectivity index (χ1n) is 13.9. The van der Waals surface area contributed by atoms with Gasteiger partial charge in [-0.05, 0) is 64.0 Å². The normalized spacial score (nSPS) is 16.7. The Morgan fingerprint density at radius 2 is 1.62 bits per heavy atom. The van der Waals surface area contributed by atoms with Gasteiger partial charge in [-0.3, -0.25) is 19.2 Å². The van der Waals surface area contributed by atoms with E-state index in [1.807, 2.05) is 19.0 Å². The number of hydrogen-bond donors (Lipinski definition) is 2. The molecule has 4 rings (SSSR count). The van der Waals surface area contributed by atoms with Crippen LogP contribution in [0.3, 0.4) is 0 Å². The first kappa shape index (κ1) is 31.0. The fourth-order valence-electron chi connectivity index (χ4n) is 5.08. The number of nitrogens with zero attached hydrogens (tertiary/aromatic N) is 4. The number of fused-ring (bicyclic) bond motifs is 1. The molecular weight excluding hydrogens is 560 g/mol. The molecule has 0 atom stereocenters. The number of benzene rings is 1. The minimum Gasteiger partial charge on any atom is -0.449 e. The molecule has 0 saturated heterocycles. The molecule has 224 valence electrons. The van der Waals surface area contributed by atoms with Gasteiger partial charge in [-0.25, -0.2) is 4.98 Å². The molecule has 2 N–H and O–H groups in total. The summed E-state index contributed by atoms with van der Waals surface area (Å²) in [5, 5.41) is 6.35. The summed E-state index contributed by atoms with van der Waals surface area (Å²) in [5.74, 6) is -1.53. The zero-order valence-corrected chi connectivity index (χ0v) is 25.3. The van der Waals surface area contributed by atoms with Gasteiger partial charge in [0, 0.05) is 52.3 Å². The Hall–Kier alpha value is -3.96. The van der Waals surface area contributed by atoms with E-state index >= 15 is 0 Å². The maximum absolute atomic E-state index is 13.6. The van der Waals surface area contributed by atoms with E-state index < -0.39 is 5.91 Å². The third-order valence-corrected chi connectivity index (χ3v) is 7.71. The van der Waals surface area contributed by atoms with E-state index in [4.69, 9.17) is 16.0 Å². The molecule has 1 saturated carbocycles. The highest BCUT2D eigenvalue weighted by Gasteiger charge is 2.33. The molecule has 3 aromatic rings. The van der Waals surface area contributed by atoms with Crippen molar-refractivity contribution in [1.29, 1.82) is 0 Å². The zero-order chi connectivity index (χ0) is 30.6. The first-order chi connectivity index (χ1) is 20.0. The second-order valence-electron chi connectivity index (χ2n) is 11.1. The predicted octanol–water partition coefficient (Wildman–Crippen LogP) is 4.20. The van der Waals surface area contributed by atoms with E-state index in [2.05, 4.69) is 15.6 Å². The third-order valence-electron chi connectivity index (χ3n) is 7.49. The lowest BCUT2D eigenvalue weighted by Gasteiger charge is -2.28. The van der Waals surface area contributed by atoms with Crippen molar-refractivity contribution in [3.8, 4) is 0 Å². The smallest absolute Gasteiger partial charge is 0.294 e. The summed E-state index contributed by atoms with van der Waals surface area (Å²) in [5.41, 5.74) is 0.710. The monoisotopic (exact) mass is 596 g/mol. The summed E-state index contributed by atoms with van der Waals surface area (Å²) in [6.45, 7) is 1.14. The minimum atomic E-state index is -0.643. The molecule has 2 heterocycles. The second-order valence-corrected chi connectivity index (χ2v) is 11.5. The molecule has 12 heteroatoms. The van der Waals surface area contributed by atoms with Crippen LogP contribution in [0.25, 0.3) is 11.0 Å². The summed E-state index contributed by atoms with van der Waals surface area (Å²) >= 11 is 5.93. The van der Waals surface area contributed by atoms with Crippen LogP contribution in [-0.2, 0) is 9.59 Å². The van der Waals surface area contributed by atoms with Gasteiger partial charge in [0.15, 0.2) is 0 Å². The Labute approximate surface area is 250 Å². The Balaban J connectivity index is 1.67. The average molecular weight is 597 g/mol. The van der Waals surface area contributed by atoms with Gasteiger partial charge < -0.3 is 29.8 Å². The van der Waals surface area contributed by atoms with Crippen LogP contribution in [0, 0.1) is 11.8 Å². The number of amides is 4. The topological polar surface area (TPSA) is 128 Å². The average Bonchev–Trinajstić information content (AvgIpc) is 3.34. The first-order valence-corrected chi connectivity index (χ1v) is 14.2. The van der Waals surface area contributed by atoms with Crippen LogP contribution in [0.5, 0.6) is 0 Å². The van der Waals surface area contributed by atoms with Crippen molar-refractivity contribution in [2.45, 2.75) is 25.7 Å². The highest BCUT2D eigenvalue weighted by Crippen LogP contribution is 2.37. The second kappa shape index (κ2) is 13.3. The molecular formula is C30H37ClN6O5. The Kier molecular flexibility index (Phi) is 9.85. The lowest BCUT2D eigenvalue weighted by atomic mass is 9.81. The van der Waals surface area contributed by atoms with Crippen molar-refractivity contribution in [3.05, 3.63) is 52.9 Å². The van der Waals surface area contributed by atoms with E-state index in [1.165, 1.54) is 6.20 Å². The SMILES string of the molecule is CN(C)CCN(C)C(=O)c1cccc2oc(C(=O)Nc3ccc(Cl)cn3)c(NC(=O)[C@H]3CC[C@H](C(=O)N(C)C)CC3)c12. The van der Waals surface area contributed by atoms with E-state index in [-0.39, 0.29) is 52.4 Å². The number of furan rings is 1. The van der Waals surface area contributed by atoms with Crippen LogP contribution in [0.2, 0.25) is 5.02 Å². The van der Waals surface area contributed by atoms with Crippen molar-refractivity contribution in [2.75, 3.05) is 59.0 Å². The number of hydrogen-bond acceptors (Lipinski definition) is 7. The van der Waals surface area contributed by atoms with Crippen molar-refractivity contribution in [1.82, 2.24) is 19.7 Å². The summed E-state index contributed by atoms with van der Waals surface area (Å²) in [6.07, 6.45) is 3.65. The van der Waals surface area contributed by atoms with Gasteiger partial charge in [-0.15, -0.1) is 0 Å². The number of carbonyl (C=O) groups is 4. The highest BCUT2D eigenvalue weighted by molar-refractivity contribution is 6.30. The number of pyridine rings is 1. The van der Waals surface area contributed by atoms with Crippen LogP contribution in [-0.4, -0.2) is 91.6 Å². The van der Waals surface area contributed by atoms with Crippen LogP contribution in [0.15, 0.2) is 40.9 Å². The Morgan fingerprint density at radius 1 is 0.929 bits per heavy atom. The molecule has 11 nitrogen and oxygen atoms in total. The highest BCUT2D eigenvalue weighted by atomic mass is 35.5. The molecule has 0 bridgehead atoms. The van der Waals surface area contributed by atoms with Gasteiger partial charge in [0.1, 0.15) is 17.1 Å². The van der Waals surface area contributed by atoms with E-state index in [1.54, 1.807) is 61.3 Å². The van der Waals surface area contributed by atoms with E-state index in [0.717, 1.165) is 0 Å². The largest absolute Gasteiger partial charge is 0.449 e. The van der Waals surface area contributed by atoms with Crippen LogP contribution < -0.4 is 10.6 Å². The number of likely N-dealkylation sites (N-methyl/N-ethyl adjacent to an activating group) is 2. The molecule has 42 heavy (non-hydrogen) atoms. The minimum absolute atomic E-state index is 0.0611. The van der Waals surface area contributed by atoms with Crippen molar-refractivity contribution >= 4 is 57.7 Å². The fourth-order valence-corrected chi connectivity index (χ4v) is 5.19. The van der Waals surface area contributed by atoms with Gasteiger partial charge in [0.25, 0.3) is 11.8 Å². The third kappa shape index (κ3) is 7.08. The van der Waals surface area contributed by atoms with Gasteiger partial charge >= 0.3 is 0 Å². The van der Waals surface area contributed by atoms with Crippen molar-refractivity contribution in [3.63, 3.8) is 0 Å². The van der Waals surface area contributed by atoms with Gasteiger partial charge in [-0.2, -0.15) is 0 Å². The van der Waals surface area contributed by atoms with E-state index in [0.29, 0.717) is 54.7 Å². The quantitative estimate of drug-likeness (QED) is 0.379. The summed E-state index contributed by atoms with van der Waals surface area (Å²) in [7, 11) is 9.01. The van der Waals surface area contributed by atoms with Crippen LogP contribution >= 0.6 is 11.6 Å². The Bertz CT molecular complexity index is 1460.